The first-order valence-electron chi connectivity index (χ1n) is 4.15. The van der Waals surface area contributed by atoms with Crippen LogP contribution in [-0.4, -0.2) is 41.9 Å². The summed E-state index contributed by atoms with van der Waals surface area (Å²) in [5.41, 5.74) is 0. The van der Waals surface area contributed by atoms with Gasteiger partial charge in [0.25, 0.3) is 0 Å². The minimum absolute atomic E-state index is 0.196. The van der Waals surface area contributed by atoms with Crippen molar-refractivity contribution in [1.29, 1.82) is 0 Å². The first-order chi connectivity index (χ1) is 6.60. The minimum atomic E-state index is -4.88. The largest absolute Gasteiger partial charge is 0.345 e. The van der Waals surface area contributed by atoms with Gasteiger partial charge in [0.1, 0.15) is 0 Å². The molecule has 0 spiro atoms. The lowest BCUT2D eigenvalue weighted by Crippen LogP contribution is -2.44. The predicted molar refractivity (Wildman–Crippen MR) is 56.6 cm³/mol. The highest BCUT2D eigenvalue weighted by Gasteiger charge is 2.61. The van der Waals surface area contributed by atoms with Crippen molar-refractivity contribution in [2.45, 2.75) is 17.7 Å². The van der Waals surface area contributed by atoms with Gasteiger partial charge in [-0.3, -0.25) is 13.4 Å². The second-order valence-corrected chi connectivity index (χ2v) is 8.37. The minimum Gasteiger partial charge on any atom is -0.324 e. The molecule has 1 rings (SSSR count). The van der Waals surface area contributed by atoms with Gasteiger partial charge in [0.15, 0.2) is 4.90 Å². The Balaban J connectivity index is 3.19. The molecule has 1 fully saturated rings. The molecule has 1 aliphatic heterocycles. The van der Waals surface area contributed by atoms with Crippen LogP contribution in [0, 0.1) is 0 Å². The summed E-state index contributed by atoms with van der Waals surface area (Å²) >= 11 is 3.89. The zero-order chi connectivity index (χ0) is 11.9. The van der Waals surface area contributed by atoms with E-state index in [-0.39, 0.29) is 6.42 Å². The van der Waals surface area contributed by atoms with Gasteiger partial charge in [0.2, 0.25) is 0 Å². The lowest BCUT2D eigenvalue weighted by Gasteiger charge is -2.40. The molecule has 0 amide bonds. The van der Waals surface area contributed by atoms with E-state index in [9.17, 15) is 9.13 Å². The van der Waals surface area contributed by atoms with E-state index in [0.717, 1.165) is 0 Å². The van der Waals surface area contributed by atoms with Crippen LogP contribution in [0.1, 0.15) is 12.8 Å². The van der Waals surface area contributed by atoms with Gasteiger partial charge >= 0.3 is 15.2 Å². The van der Waals surface area contributed by atoms with E-state index in [0.29, 0.717) is 13.0 Å². The molecule has 0 aliphatic carbocycles. The molecule has 0 aromatic rings. The van der Waals surface area contributed by atoms with Crippen LogP contribution in [0.25, 0.3) is 0 Å². The zero-order valence-electron chi connectivity index (χ0n) is 7.72. The maximum atomic E-state index is 11.2. The standard InChI is InChI=1S/C5H13NO6P2S/c7-13(8,9)5(14(10,11)12)2-1-3-6(15)4-5/h15H,1-4H2,(H2,7,8,9)(H2,10,11,12). The molecule has 1 saturated heterocycles. The van der Waals surface area contributed by atoms with Gasteiger partial charge in [-0.05, 0) is 12.8 Å². The van der Waals surface area contributed by atoms with Crippen molar-refractivity contribution < 1.29 is 28.7 Å². The molecule has 7 nitrogen and oxygen atoms in total. The fourth-order valence-corrected chi connectivity index (χ4v) is 5.21. The Morgan fingerprint density at radius 2 is 1.60 bits per heavy atom. The van der Waals surface area contributed by atoms with Crippen LogP contribution in [0.15, 0.2) is 0 Å². The van der Waals surface area contributed by atoms with E-state index in [2.05, 4.69) is 12.8 Å². The van der Waals surface area contributed by atoms with Gasteiger partial charge in [0.05, 0.1) is 0 Å². The lowest BCUT2D eigenvalue weighted by atomic mass is 10.1. The Labute approximate surface area is 92.3 Å². The number of hydrogen-bond acceptors (Lipinski definition) is 4. The first-order valence-corrected chi connectivity index (χ1v) is 7.78. The Morgan fingerprint density at radius 1 is 1.13 bits per heavy atom. The summed E-state index contributed by atoms with van der Waals surface area (Å²) in [6, 6.07) is 0. The Hall–Kier alpha value is 0.610. The molecule has 0 saturated carbocycles. The van der Waals surface area contributed by atoms with Crippen molar-refractivity contribution in [3.63, 3.8) is 0 Å². The van der Waals surface area contributed by atoms with Crippen LogP contribution >= 0.6 is 28.0 Å². The number of thiol groups is 1. The van der Waals surface area contributed by atoms with Gasteiger partial charge in [-0.2, -0.15) is 0 Å². The summed E-state index contributed by atoms with van der Waals surface area (Å²) in [5.74, 6) is 0. The van der Waals surface area contributed by atoms with E-state index in [4.69, 9.17) is 19.6 Å². The first kappa shape index (κ1) is 13.7. The normalized spacial score (nSPS) is 24.1. The van der Waals surface area contributed by atoms with Gasteiger partial charge in [-0.15, -0.1) is 0 Å². The van der Waals surface area contributed by atoms with Crippen LogP contribution < -0.4 is 0 Å². The summed E-state index contributed by atoms with van der Waals surface area (Å²) < 4.78 is 23.7. The number of piperidine rings is 1. The molecular weight excluding hydrogens is 264 g/mol. The topological polar surface area (TPSA) is 118 Å². The summed E-state index contributed by atoms with van der Waals surface area (Å²) in [6.07, 6.45) is 0.0956. The van der Waals surface area contributed by atoms with Crippen molar-refractivity contribution in [1.82, 2.24) is 4.31 Å². The van der Waals surface area contributed by atoms with Crippen LogP contribution in [-0.2, 0) is 9.13 Å². The maximum absolute atomic E-state index is 11.2. The molecule has 0 radical (unpaired) electrons. The Morgan fingerprint density at radius 3 is 1.87 bits per heavy atom. The molecule has 1 heterocycles. The molecule has 0 aromatic heterocycles. The van der Waals surface area contributed by atoms with E-state index >= 15 is 0 Å². The van der Waals surface area contributed by atoms with E-state index in [1.165, 1.54) is 4.31 Å². The van der Waals surface area contributed by atoms with Crippen molar-refractivity contribution in [3.8, 4) is 0 Å². The Kier molecular flexibility index (Phi) is 3.76. The average Bonchev–Trinajstić information content (AvgIpc) is 1.99. The van der Waals surface area contributed by atoms with Crippen LogP contribution in [0.3, 0.4) is 0 Å². The van der Waals surface area contributed by atoms with E-state index < -0.39 is 26.6 Å². The molecule has 10 heteroatoms. The SMILES string of the molecule is O=P(O)(O)C1(P(=O)(O)O)CCCN(S)C1. The third kappa shape index (κ3) is 2.48. The van der Waals surface area contributed by atoms with Gasteiger partial charge < -0.3 is 19.6 Å². The fraction of sp³-hybridized carbons (Fsp3) is 1.00. The molecule has 15 heavy (non-hydrogen) atoms. The highest BCUT2D eigenvalue weighted by molar-refractivity contribution is 7.78. The van der Waals surface area contributed by atoms with E-state index in [1.807, 2.05) is 0 Å². The second kappa shape index (κ2) is 4.13. The molecule has 0 bridgehead atoms. The Bertz CT molecular complexity index is 314. The van der Waals surface area contributed by atoms with E-state index in [1.54, 1.807) is 0 Å². The number of rotatable bonds is 2. The van der Waals surface area contributed by atoms with Gasteiger partial charge in [-0.1, -0.05) is 12.8 Å². The molecular formula is C5H13NO6P2S. The van der Waals surface area contributed by atoms with Crippen LogP contribution in [0.2, 0.25) is 0 Å². The summed E-state index contributed by atoms with van der Waals surface area (Å²) in [7, 11) is -9.77. The third-order valence-corrected chi connectivity index (χ3v) is 7.32. The summed E-state index contributed by atoms with van der Waals surface area (Å²) in [5, 5.41) is 0. The molecule has 90 valence electrons. The molecule has 4 N–H and O–H groups in total. The number of hydrogen-bond donors (Lipinski definition) is 5. The van der Waals surface area contributed by atoms with Crippen LogP contribution in [0.4, 0.5) is 0 Å². The smallest absolute Gasteiger partial charge is 0.324 e. The fourth-order valence-electron chi connectivity index (χ4n) is 1.64. The highest BCUT2D eigenvalue weighted by Crippen LogP contribution is 2.71. The van der Waals surface area contributed by atoms with Crippen molar-refractivity contribution in [3.05, 3.63) is 0 Å². The van der Waals surface area contributed by atoms with Crippen molar-refractivity contribution >= 4 is 28.0 Å². The monoisotopic (exact) mass is 277 g/mol. The molecule has 0 unspecified atom stereocenters. The van der Waals surface area contributed by atoms with Gasteiger partial charge in [-0.25, -0.2) is 0 Å². The summed E-state index contributed by atoms with van der Waals surface area (Å²) in [6.45, 7) is 0.0372. The van der Waals surface area contributed by atoms with Crippen molar-refractivity contribution in [2.75, 3.05) is 13.1 Å². The maximum Gasteiger partial charge on any atom is 0.345 e. The predicted octanol–water partition coefficient (Wildman–Crippen LogP) is -0.0213. The summed E-state index contributed by atoms with van der Waals surface area (Å²) in [4.78, 5) is 34.1. The highest BCUT2D eigenvalue weighted by atomic mass is 32.1. The van der Waals surface area contributed by atoms with Crippen LogP contribution in [0.5, 0.6) is 0 Å². The molecule has 0 aromatic carbocycles. The lowest BCUT2D eigenvalue weighted by molar-refractivity contribution is 0.254. The number of nitrogens with zero attached hydrogens (tertiary/aromatic N) is 1. The second-order valence-electron chi connectivity index (χ2n) is 3.56. The van der Waals surface area contributed by atoms with Crippen molar-refractivity contribution in [2.24, 2.45) is 0 Å². The molecule has 1 aliphatic rings. The zero-order valence-corrected chi connectivity index (χ0v) is 10.4. The third-order valence-electron chi connectivity index (χ3n) is 2.51. The quantitative estimate of drug-likeness (QED) is 0.355. The average molecular weight is 277 g/mol. The molecule has 0 atom stereocenters. The van der Waals surface area contributed by atoms with Gasteiger partial charge in [0, 0.05) is 13.1 Å².